The third kappa shape index (κ3) is 6.43. The molecule has 0 aliphatic carbocycles. The number of carbonyl (C=O) groups is 1. The predicted molar refractivity (Wildman–Crippen MR) is 112 cm³/mol. The minimum Gasteiger partial charge on any atom is -0.497 e. The Kier molecular flexibility index (Phi) is 7.29. The molecular weight excluding hydrogens is 443 g/mol. The van der Waals surface area contributed by atoms with Gasteiger partial charge in [0.2, 0.25) is 0 Å². The second kappa shape index (κ2) is 10.1. The summed E-state index contributed by atoms with van der Waals surface area (Å²) >= 11 is 0. The molecule has 0 spiro atoms. The third-order valence-electron chi connectivity index (χ3n) is 4.14. The minimum absolute atomic E-state index is 0.0778. The van der Waals surface area contributed by atoms with Crippen LogP contribution in [-0.2, 0) is 26.0 Å². The molecule has 8 nitrogen and oxygen atoms in total. The van der Waals surface area contributed by atoms with Crippen molar-refractivity contribution in [3.63, 3.8) is 0 Å². The second-order valence-electron chi connectivity index (χ2n) is 6.46. The number of halogens is 1. The van der Waals surface area contributed by atoms with Crippen molar-refractivity contribution in [3.8, 4) is 28.4 Å². The average molecular weight is 462 g/mol. The molecular formula is C22H19FO8S. The first-order valence-electron chi connectivity index (χ1n) is 9.22. The van der Waals surface area contributed by atoms with Gasteiger partial charge in [0.15, 0.2) is 6.61 Å². The van der Waals surface area contributed by atoms with Gasteiger partial charge in [-0.05, 0) is 59.7 Å². The van der Waals surface area contributed by atoms with E-state index in [4.69, 9.17) is 14.6 Å². The Hall–Kier alpha value is -3.63. The van der Waals surface area contributed by atoms with Crippen molar-refractivity contribution in [1.82, 2.24) is 0 Å². The van der Waals surface area contributed by atoms with Crippen LogP contribution in [0.5, 0.6) is 17.2 Å². The Morgan fingerprint density at radius 1 is 0.969 bits per heavy atom. The Bertz CT molecular complexity index is 1190. The van der Waals surface area contributed by atoms with Gasteiger partial charge in [-0.3, -0.25) is 0 Å². The van der Waals surface area contributed by atoms with Crippen molar-refractivity contribution in [2.45, 2.75) is 6.61 Å². The smallest absolute Gasteiger partial charge is 0.449 e. The molecule has 0 bridgehead atoms. The van der Waals surface area contributed by atoms with Crippen LogP contribution in [-0.4, -0.2) is 33.2 Å². The van der Waals surface area contributed by atoms with Crippen LogP contribution >= 0.6 is 0 Å². The highest BCUT2D eigenvalue weighted by Gasteiger charge is 2.16. The first-order chi connectivity index (χ1) is 15.3. The zero-order valence-corrected chi connectivity index (χ0v) is 17.7. The van der Waals surface area contributed by atoms with Gasteiger partial charge in [-0.1, -0.05) is 18.2 Å². The van der Waals surface area contributed by atoms with Gasteiger partial charge in [0.25, 0.3) is 0 Å². The fourth-order valence-corrected chi connectivity index (χ4v) is 3.38. The summed E-state index contributed by atoms with van der Waals surface area (Å²) in [5.41, 5.74) is 1.80. The summed E-state index contributed by atoms with van der Waals surface area (Å²) in [5, 5.41) is 8.47. The van der Waals surface area contributed by atoms with E-state index < -0.39 is 23.0 Å². The van der Waals surface area contributed by atoms with Crippen molar-refractivity contribution in [2.75, 3.05) is 13.7 Å². The summed E-state index contributed by atoms with van der Waals surface area (Å²) in [7, 11) is -2.99. The SMILES string of the molecule is COc1cc(COc2ccc(OS(=O)(=O)OCC(=O)O)cc2)cc(-c2ccccc2F)c1. The van der Waals surface area contributed by atoms with Crippen LogP contribution in [0.15, 0.2) is 66.7 Å². The first kappa shape index (κ1) is 23.0. The van der Waals surface area contributed by atoms with Gasteiger partial charge >= 0.3 is 16.4 Å². The van der Waals surface area contributed by atoms with Gasteiger partial charge < -0.3 is 18.8 Å². The fraction of sp³-hybridized carbons (Fsp3) is 0.136. The Morgan fingerprint density at radius 2 is 1.66 bits per heavy atom. The van der Waals surface area contributed by atoms with Gasteiger partial charge in [0.1, 0.15) is 29.7 Å². The quantitative estimate of drug-likeness (QED) is 0.485. The predicted octanol–water partition coefficient (Wildman–Crippen LogP) is 3.81. The summed E-state index contributed by atoms with van der Waals surface area (Å²) in [6.07, 6.45) is 0. The highest BCUT2D eigenvalue weighted by molar-refractivity contribution is 7.82. The number of hydrogen-bond donors (Lipinski definition) is 1. The van der Waals surface area contributed by atoms with Crippen LogP contribution in [0.25, 0.3) is 11.1 Å². The van der Waals surface area contributed by atoms with Gasteiger partial charge in [-0.2, -0.15) is 8.42 Å². The molecule has 0 aliphatic heterocycles. The van der Waals surface area contributed by atoms with E-state index >= 15 is 0 Å². The van der Waals surface area contributed by atoms with E-state index in [1.807, 2.05) is 0 Å². The molecule has 0 saturated heterocycles. The van der Waals surface area contributed by atoms with Crippen molar-refractivity contribution in [3.05, 3.63) is 78.1 Å². The molecule has 168 valence electrons. The molecule has 0 aliphatic rings. The monoisotopic (exact) mass is 462 g/mol. The molecule has 0 heterocycles. The van der Waals surface area contributed by atoms with E-state index in [2.05, 4.69) is 8.37 Å². The summed E-state index contributed by atoms with van der Waals surface area (Å²) in [4.78, 5) is 10.4. The van der Waals surface area contributed by atoms with Crippen molar-refractivity contribution in [1.29, 1.82) is 0 Å². The Balaban J connectivity index is 1.68. The number of benzene rings is 3. The maximum atomic E-state index is 14.2. The normalized spacial score (nSPS) is 11.1. The number of aliphatic carboxylic acids is 1. The lowest BCUT2D eigenvalue weighted by molar-refractivity contribution is -0.139. The molecule has 3 rings (SSSR count). The molecule has 10 heteroatoms. The molecule has 0 saturated carbocycles. The van der Waals surface area contributed by atoms with Crippen LogP contribution in [0.3, 0.4) is 0 Å². The topological polar surface area (TPSA) is 108 Å². The van der Waals surface area contributed by atoms with Gasteiger partial charge in [0, 0.05) is 5.56 Å². The lowest BCUT2D eigenvalue weighted by Gasteiger charge is -2.12. The maximum absolute atomic E-state index is 14.2. The summed E-state index contributed by atoms with van der Waals surface area (Å²) in [6.45, 7) is -0.905. The fourth-order valence-electron chi connectivity index (χ4n) is 2.74. The molecule has 0 radical (unpaired) electrons. The summed E-state index contributed by atoms with van der Waals surface area (Å²) in [6, 6.07) is 17.3. The third-order valence-corrected chi connectivity index (χ3v) is 4.94. The number of rotatable bonds is 10. The molecule has 0 amide bonds. The van der Waals surface area contributed by atoms with Crippen molar-refractivity contribution in [2.24, 2.45) is 0 Å². The summed E-state index contributed by atoms with van der Waals surface area (Å²) in [5.74, 6) is -0.927. The number of carboxylic acid groups (broad SMARTS) is 1. The van der Waals surface area contributed by atoms with Crippen LogP contribution < -0.4 is 13.7 Å². The molecule has 3 aromatic rings. The van der Waals surface area contributed by atoms with E-state index in [-0.39, 0.29) is 18.2 Å². The molecule has 32 heavy (non-hydrogen) atoms. The molecule has 0 fully saturated rings. The zero-order chi connectivity index (χ0) is 23.1. The second-order valence-corrected chi connectivity index (χ2v) is 7.68. The highest BCUT2D eigenvalue weighted by atomic mass is 32.3. The molecule has 1 N–H and O–H groups in total. The largest absolute Gasteiger partial charge is 0.497 e. The number of methoxy groups -OCH3 is 1. The molecule has 0 unspecified atom stereocenters. The van der Waals surface area contributed by atoms with Crippen molar-refractivity contribution >= 4 is 16.4 Å². The lowest BCUT2D eigenvalue weighted by atomic mass is 10.0. The van der Waals surface area contributed by atoms with E-state index in [1.54, 1.807) is 36.4 Å². The van der Waals surface area contributed by atoms with Gasteiger partial charge in [-0.15, -0.1) is 0 Å². The van der Waals surface area contributed by atoms with E-state index in [9.17, 15) is 17.6 Å². The first-order valence-corrected chi connectivity index (χ1v) is 10.6. The lowest BCUT2D eigenvalue weighted by Crippen LogP contribution is -2.18. The van der Waals surface area contributed by atoms with Crippen molar-refractivity contribution < 1.29 is 40.5 Å². The number of hydrogen-bond acceptors (Lipinski definition) is 7. The number of carboxylic acids is 1. The summed E-state index contributed by atoms with van der Waals surface area (Å²) < 4.78 is 57.1. The van der Waals surface area contributed by atoms with E-state index in [1.165, 1.54) is 37.4 Å². The van der Waals surface area contributed by atoms with Crippen LogP contribution in [0.1, 0.15) is 5.56 Å². The van der Waals surface area contributed by atoms with E-state index in [0.717, 1.165) is 5.56 Å². The standard InChI is InChI=1S/C22H19FO8S/c1-28-19-11-15(10-16(12-19)20-4-2-3-5-21(20)23)13-29-17-6-8-18(9-7-17)31-32(26,27)30-14-22(24)25/h2-12H,13-14H2,1H3,(H,24,25). The van der Waals surface area contributed by atoms with Crippen LogP contribution in [0.2, 0.25) is 0 Å². The molecule has 0 aromatic heterocycles. The van der Waals surface area contributed by atoms with Crippen LogP contribution in [0.4, 0.5) is 4.39 Å². The number of ether oxygens (including phenoxy) is 2. The van der Waals surface area contributed by atoms with E-state index in [0.29, 0.717) is 22.6 Å². The Morgan fingerprint density at radius 3 is 2.31 bits per heavy atom. The van der Waals surface area contributed by atoms with Crippen LogP contribution in [0, 0.1) is 5.82 Å². The van der Waals surface area contributed by atoms with Gasteiger partial charge in [0.05, 0.1) is 7.11 Å². The molecule has 0 atom stereocenters. The highest BCUT2D eigenvalue weighted by Crippen LogP contribution is 2.29. The molecule has 3 aromatic carbocycles. The zero-order valence-electron chi connectivity index (χ0n) is 16.9. The van der Waals surface area contributed by atoms with Gasteiger partial charge in [-0.25, -0.2) is 13.4 Å². The minimum atomic E-state index is -4.51. The average Bonchev–Trinajstić information content (AvgIpc) is 2.77. The Labute approximate surface area is 184 Å². The maximum Gasteiger partial charge on any atom is 0.449 e.